The maximum Gasteiger partial charge on any atom is 0.330 e. The number of hydrogen-bond donors (Lipinski definition) is 1. The minimum Gasteiger partial charge on any atom is -0.497 e. The van der Waals surface area contributed by atoms with Crippen LogP contribution in [0.4, 0.5) is 11.6 Å². The van der Waals surface area contributed by atoms with Gasteiger partial charge in [0.15, 0.2) is 5.65 Å². The molecule has 7 heteroatoms. The molecule has 1 fully saturated rings. The Balaban J connectivity index is 1.75. The summed E-state index contributed by atoms with van der Waals surface area (Å²) in [6.07, 6.45) is 6.10. The molecule has 4 rings (SSSR count). The molecule has 0 atom stereocenters. The SMILES string of the molecule is COc1ccc(Nc2ncc3c(n2)n(C2CCCC2)c(=O)n3C)c(C)c1. The van der Waals surface area contributed by atoms with E-state index in [-0.39, 0.29) is 11.7 Å². The monoisotopic (exact) mass is 353 g/mol. The summed E-state index contributed by atoms with van der Waals surface area (Å²) < 4.78 is 8.72. The van der Waals surface area contributed by atoms with Gasteiger partial charge in [-0.15, -0.1) is 0 Å². The van der Waals surface area contributed by atoms with Crippen molar-refractivity contribution in [2.75, 3.05) is 12.4 Å². The van der Waals surface area contributed by atoms with Crippen LogP contribution in [0.1, 0.15) is 37.3 Å². The van der Waals surface area contributed by atoms with E-state index in [0.717, 1.165) is 48.2 Å². The van der Waals surface area contributed by atoms with Crippen LogP contribution in [0, 0.1) is 6.92 Å². The molecule has 0 unspecified atom stereocenters. The van der Waals surface area contributed by atoms with Gasteiger partial charge in [0.1, 0.15) is 11.3 Å². The Labute approximate surface area is 151 Å². The van der Waals surface area contributed by atoms with E-state index in [1.54, 1.807) is 24.9 Å². The van der Waals surface area contributed by atoms with Crippen LogP contribution in [-0.2, 0) is 7.05 Å². The van der Waals surface area contributed by atoms with E-state index in [2.05, 4.69) is 15.3 Å². The summed E-state index contributed by atoms with van der Waals surface area (Å²) >= 11 is 0. The van der Waals surface area contributed by atoms with Crippen LogP contribution >= 0.6 is 0 Å². The molecular weight excluding hydrogens is 330 g/mol. The van der Waals surface area contributed by atoms with Crippen LogP contribution in [0.15, 0.2) is 29.2 Å². The van der Waals surface area contributed by atoms with Gasteiger partial charge in [0, 0.05) is 18.8 Å². The van der Waals surface area contributed by atoms with Gasteiger partial charge in [-0.05, 0) is 43.5 Å². The van der Waals surface area contributed by atoms with E-state index in [0.29, 0.717) is 11.6 Å². The number of hydrogen-bond acceptors (Lipinski definition) is 5. The van der Waals surface area contributed by atoms with Crippen LogP contribution in [0.2, 0.25) is 0 Å². The Morgan fingerprint density at radius 2 is 2.04 bits per heavy atom. The third kappa shape index (κ3) is 2.73. The van der Waals surface area contributed by atoms with Gasteiger partial charge >= 0.3 is 5.69 Å². The minimum atomic E-state index is -0.0148. The summed E-state index contributed by atoms with van der Waals surface area (Å²) in [5.41, 5.74) is 3.40. The van der Waals surface area contributed by atoms with Crippen molar-refractivity contribution in [2.45, 2.75) is 38.6 Å². The molecule has 3 aromatic rings. The molecule has 136 valence electrons. The molecule has 26 heavy (non-hydrogen) atoms. The first kappa shape index (κ1) is 16.6. The summed E-state index contributed by atoms with van der Waals surface area (Å²) in [5.74, 6) is 1.30. The van der Waals surface area contributed by atoms with Gasteiger partial charge in [0.05, 0.1) is 13.3 Å². The highest BCUT2D eigenvalue weighted by atomic mass is 16.5. The molecule has 0 amide bonds. The van der Waals surface area contributed by atoms with E-state index in [9.17, 15) is 4.79 Å². The third-order valence-corrected chi connectivity index (χ3v) is 5.20. The second-order valence-corrected chi connectivity index (χ2v) is 6.86. The second kappa shape index (κ2) is 6.48. The molecule has 0 bridgehead atoms. The van der Waals surface area contributed by atoms with Crippen molar-refractivity contribution in [3.05, 3.63) is 40.4 Å². The van der Waals surface area contributed by atoms with E-state index < -0.39 is 0 Å². The molecule has 2 heterocycles. The topological polar surface area (TPSA) is 74.0 Å². The number of nitrogens with zero attached hydrogens (tertiary/aromatic N) is 4. The number of fused-ring (bicyclic) bond motifs is 1. The lowest BCUT2D eigenvalue weighted by atomic mass is 10.2. The van der Waals surface area contributed by atoms with Crippen molar-refractivity contribution in [3.63, 3.8) is 0 Å². The maximum absolute atomic E-state index is 12.7. The van der Waals surface area contributed by atoms with Crippen LogP contribution in [0.25, 0.3) is 11.2 Å². The van der Waals surface area contributed by atoms with Crippen LogP contribution in [-0.4, -0.2) is 26.2 Å². The molecule has 0 spiro atoms. The predicted octanol–water partition coefficient (Wildman–Crippen LogP) is 3.31. The first-order valence-corrected chi connectivity index (χ1v) is 8.94. The van der Waals surface area contributed by atoms with Crippen molar-refractivity contribution in [2.24, 2.45) is 7.05 Å². The number of imidazole rings is 1. The molecule has 0 aliphatic heterocycles. The van der Waals surface area contributed by atoms with Gasteiger partial charge < -0.3 is 10.1 Å². The van der Waals surface area contributed by atoms with Crippen molar-refractivity contribution in [1.82, 2.24) is 19.1 Å². The van der Waals surface area contributed by atoms with Gasteiger partial charge in [-0.2, -0.15) is 4.98 Å². The summed E-state index contributed by atoms with van der Waals surface area (Å²) in [6, 6.07) is 6.02. The van der Waals surface area contributed by atoms with Crippen LogP contribution in [0.5, 0.6) is 5.75 Å². The first-order valence-electron chi connectivity index (χ1n) is 8.94. The highest BCUT2D eigenvalue weighted by Crippen LogP contribution is 2.31. The standard InChI is InChI=1S/C19H23N5O2/c1-12-10-14(26-3)8-9-15(12)21-18-20-11-16-17(22-18)24(19(25)23(16)2)13-6-4-5-7-13/h8-11,13H,4-7H2,1-3H3,(H,20,21,22). The number of benzene rings is 1. The summed E-state index contributed by atoms with van der Waals surface area (Å²) in [4.78, 5) is 21.8. The van der Waals surface area contributed by atoms with Crippen LogP contribution < -0.4 is 15.7 Å². The van der Waals surface area contributed by atoms with Crippen molar-refractivity contribution in [3.8, 4) is 5.75 Å². The fourth-order valence-corrected chi connectivity index (χ4v) is 3.71. The van der Waals surface area contributed by atoms with Gasteiger partial charge in [-0.25, -0.2) is 9.78 Å². The highest BCUT2D eigenvalue weighted by molar-refractivity contribution is 5.73. The van der Waals surface area contributed by atoms with Crippen molar-refractivity contribution in [1.29, 1.82) is 0 Å². The second-order valence-electron chi connectivity index (χ2n) is 6.86. The lowest BCUT2D eigenvalue weighted by molar-refractivity contribution is 0.414. The molecule has 1 N–H and O–H groups in total. The third-order valence-electron chi connectivity index (χ3n) is 5.20. The predicted molar refractivity (Wildman–Crippen MR) is 101 cm³/mol. The first-order chi connectivity index (χ1) is 12.6. The average Bonchev–Trinajstić information content (AvgIpc) is 3.24. The quantitative estimate of drug-likeness (QED) is 0.779. The fraction of sp³-hybridized carbons (Fsp3) is 0.421. The van der Waals surface area contributed by atoms with Gasteiger partial charge in [0.2, 0.25) is 5.95 Å². The Morgan fingerprint density at radius 1 is 1.27 bits per heavy atom. The van der Waals surface area contributed by atoms with Gasteiger partial charge in [-0.1, -0.05) is 12.8 Å². The number of ether oxygens (including phenoxy) is 1. The molecule has 1 saturated carbocycles. The van der Waals surface area contributed by atoms with Crippen molar-refractivity contribution >= 4 is 22.8 Å². The Morgan fingerprint density at radius 3 is 2.73 bits per heavy atom. The minimum absolute atomic E-state index is 0.0148. The molecule has 7 nitrogen and oxygen atoms in total. The maximum atomic E-state index is 12.7. The van der Waals surface area contributed by atoms with E-state index >= 15 is 0 Å². The largest absolute Gasteiger partial charge is 0.497 e. The fourth-order valence-electron chi connectivity index (χ4n) is 3.71. The smallest absolute Gasteiger partial charge is 0.330 e. The van der Waals surface area contributed by atoms with Gasteiger partial charge in [-0.3, -0.25) is 9.13 Å². The number of aryl methyl sites for hydroxylation is 2. The number of rotatable bonds is 4. The molecule has 2 aromatic heterocycles. The summed E-state index contributed by atoms with van der Waals surface area (Å²) in [6.45, 7) is 2.00. The van der Waals surface area contributed by atoms with Crippen LogP contribution in [0.3, 0.4) is 0 Å². The zero-order valence-electron chi connectivity index (χ0n) is 15.3. The van der Waals surface area contributed by atoms with E-state index in [4.69, 9.17) is 4.74 Å². The molecule has 1 aliphatic rings. The number of anilines is 2. The zero-order valence-corrected chi connectivity index (χ0v) is 15.3. The number of aromatic nitrogens is 4. The summed E-state index contributed by atoms with van der Waals surface area (Å²) in [5, 5.41) is 3.26. The normalized spacial score (nSPS) is 14.9. The van der Waals surface area contributed by atoms with E-state index in [1.165, 1.54) is 0 Å². The number of methoxy groups -OCH3 is 1. The highest BCUT2D eigenvalue weighted by Gasteiger charge is 2.24. The lowest BCUT2D eigenvalue weighted by Crippen LogP contribution is -2.25. The Hall–Kier alpha value is -2.83. The zero-order chi connectivity index (χ0) is 18.3. The number of nitrogens with one attached hydrogen (secondary N) is 1. The van der Waals surface area contributed by atoms with Crippen molar-refractivity contribution < 1.29 is 4.74 Å². The summed E-state index contributed by atoms with van der Waals surface area (Å²) in [7, 11) is 3.43. The molecule has 1 aliphatic carbocycles. The Bertz CT molecular complexity index is 1010. The Kier molecular flexibility index (Phi) is 4.14. The molecule has 0 saturated heterocycles. The molecule has 1 aromatic carbocycles. The van der Waals surface area contributed by atoms with Gasteiger partial charge in [0.25, 0.3) is 0 Å². The lowest BCUT2D eigenvalue weighted by Gasteiger charge is -2.12. The van der Waals surface area contributed by atoms with E-state index in [1.807, 2.05) is 29.7 Å². The average molecular weight is 353 g/mol. The molecule has 0 radical (unpaired) electrons. The molecular formula is C19H23N5O2.